The Bertz CT molecular complexity index is 344. The Kier molecular flexibility index (Phi) is 2.94. The average Bonchev–Trinajstić information content (AvgIpc) is 2.40. The number of hydrogen-bond donors (Lipinski definition) is 0. The number of aryl methyl sites for hydroxylation is 1. The van der Waals surface area contributed by atoms with Gasteiger partial charge in [0.05, 0.1) is 0 Å². The van der Waals surface area contributed by atoms with Crippen molar-refractivity contribution in [2.24, 2.45) is 0 Å². The standard InChI is InChI=1S/C13H20N2/c1-10(2)12-8-7-11-6-4-5-9-15(3)13(11)14-12/h7-8,10H,4-6,9H2,1-3H3. The monoisotopic (exact) mass is 204 g/mol. The largest absolute Gasteiger partial charge is 0.359 e. The summed E-state index contributed by atoms with van der Waals surface area (Å²) < 4.78 is 0. The first kappa shape index (κ1) is 10.5. The van der Waals surface area contributed by atoms with E-state index in [0.29, 0.717) is 5.92 Å². The normalized spacial score (nSPS) is 16.4. The molecule has 2 heterocycles. The van der Waals surface area contributed by atoms with Crippen LogP contribution in [0.1, 0.15) is 43.9 Å². The number of fused-ring (bicyclic) bond motifs is 1. The Morgan fingerprint density at radius 1 is 1.27 bits per heavy atom. The molecular weight excluding hydrogens is 184 g/mol. The lowest BCUT2D eigenvalue weighted by Gasteiger charge is -2.19. The van der Waals surface area contributed by atoms with Crippen molar-refractivity contribution < 1.29 is 0 Å². The molecule has 1 aromatic heterocycles. The van der Waals surface area contributed by atoms with Crippen LogP contribution in [-0.2, 0) is 6.42 Å². The molecule has 1 aliphatic rings. The maximum absolute atomic E-state index is 4.78. The van der Waals surface area contributed by atoms with E-state index >= 15 is 0 Å². The molecule has 0 atom stereocenters. The quantitative estimate of drug-likeness (QED) is 0.699. The van der Waals surface area contributed by atoms with Crippen LogP contribution < -0.4 is 4.90 Å². The maximum Gasteiger partial charge on any atom is 0.131 e. The zero-order valence-corrected chi connectivity index (χ0v) is 9.95. The topological polar surface area (TPSA) is 16.1 Å². The van der Waals surface area contributed by atoms with Gasteiger partial charge in [-0.2, -0.15) is 0 Å². The second-order valence-electron chi connectivity index (χ2n) is 4.75. The molecule has 0 saturated heterocycles. The zero-order valence-electron chi connectivity index (χ0n) is 9.95. The lowest BCUT2D eigenvalue weighted by atomic mass is 10.1. The third kappa shape index (κ3) is 2.14. The minimum atomic E-state index is 0.520. The number of aromatic nitrogens is 1. The van der Waals surface area contributed by atoms with Gasteiger partial charge in [-0.25, -0.2) is 4.98 Å². The van der Waals surface area contributed by atoms with E-state index in [-0.39, 0.29) is 0 Å². The molecule has 0 N–H and O–H groups in total. The molecule has 1 aromatic rings. The van der Waals surface area contributed by atoms with Crippen LogP contribution in [0.5, 0.6) is 0 Å². The van der Waals surface area contributed by atoms with Gasteiger partial charge in [-0.3, -0.25) is 0 Å². The van der Waals surface area contributed by atoms with Gasteiger partial charge < -0.3 is 4.90 Å². The summed E-state index contributed by atoms with van der Waals surface area (Å²) in [6.45, 7) is 5.54. The van der Waals surface area contributed by atoms with Gasteiger partial charge in [-0.05, 0) is 36.8 Å². The maximum atomic E-state index is 4.78. The first-order valence-electron chi connectivity index (χ1n) is 5.89. The van der Waals surface area contributed by atoms with E-state index in [1.165, 1.54) is 36.3 Å². The average molecular weight is 204 g/mol. The fourth-order valence-corrected chi connectivity index (χ4v) is 2.11. The van der Waals surface area contributed by atoms with Crippen molar-refractivity contribution in [1.82, 2.24) is 4.98 Å². The molecule has 0 unspecified atom stereocenters. The molecule has 0 aliphatic carbocycles. The molecule has 1 aliphatic heterocycles. The summed E-state index contributed by atoms with van der Waals surface area (Å²) in [5.74, 6) is 1.73. The Morgan fingerprint density at radius 2 is 2.07 bits per heavy atom. The highest BCUT2D eigenvalue weighted by Gasteiger charge is 2.14. The van der Waals surface area contributed by atoms with E-state index in [4.69, 9.17) is 4.98 Å². The van der Waals surface area contributed by atoms with E-state index in [0.717, 1.165) is 6.54 Å². The van der Waals surface area contributed by atoms with E-state index in [1.807, 2.05) is 0 Å². The molecule has 0 fully saturated rings. The van der Waals surface area contributed by atoms with Crippen LogP contribution >= 0.6 is 0 Å². The number of pyridine rings is 1. The van der Waals surface area contributed by atoms with Crippen LogP contribution in [-0.4, -0.2) is 18.6 Å². The molecule has 0 bridgehead atoms. The Balaban J connectivity index is 2.39. The van der Waals surface area contributed by atoms with Crippen molar-refractivity contribution in [1.29, 1.82) is 0 Å². The fraction of sp³-hybridized carbons (Fsp3) is 0.615. The highest BCUT2D eigenvalue weighted by atomic mass is 15.2. The summed E-state index contributed by atoms with van der Waals surface area (Å²) >= 11 is 0. The van der Waals surface area contributed by atoms with E-state index in [2.05, 4.69) is 37.9 Å². The molecule has 82 valence electrons. The first-order chi connectivity index (χ1) is 7.18. The van der Waals surface area contributed by atoms with Crippen molar-refractivity contribution in [3.8, 4) is 0 Å². The van der Waals surface area contributed by atoms with Gasteiger partial charge in [0, 0.05) is 19.3 Å². The van der Waals surface area contributed by atoms with E-state index < -0.39 is 0 Å². The second-order valence-corrected chi connectivity index (χ2v) is 4.75. The summed E-state index contributed by atoms with van der Waals surface area (Å²) in [5, 5.41) is 0. The summed E-state index contributed by atoms with van der Waals surface area (Å²) in [7, 11) is 2.15. The van der Waals surface area contributed by atoms with Crippen molar-refractivity contribution in [2.45, 2.75) is 39.0 Å². The molecule has 2 nitrogen and oxygen atoms in total. The summed E-state index contributed by atoms with van der Waals surface area (Å²) in [5.41, 5.74) is 2.63. The van der Waals surface area contributed by atoms with Gasteiger partial charge >= 0.3 is 0 Å². The van der Waals surface area contributed by atoms with Gasteiger partial charge in [0.1, 0.15) is 5.82 Å². The minimum absolute atomic E-state index is 0.520. The van der Waals surface area contributed by atoms with Gasteiger partial charge in [-0.1, -0.05) is 19.9 Å². The molecule has 0 spiro atoms. The van der Waals surface area contributed by atoms with Crippen LogP contribution in [0, 0.1) is 0 Å². The third-order valence-corrected chi connectivity index (χ3v) is 3.12. The van der Waals surface area contributed by atoms with Crippen molar-refractivity contribution in [2.75, 3.05) is 18.5 Å². The molecule has 0 aromatic carbocycles. The molecule has 15 heavy (non-hydrogen) atoms. The van der Waals surface area contributed by atoms with Gasteiger partial charge in [-0.15, -0.1) is 0 Å². The van der Waals surface area contributed by atoms with Crippen molar-refractivity contribution >= 4 is 5.82 Å². The number of rotatable bonds is 1. The summed E-state index contributed by atoms with van der Waals surface area (Å²) in [4.78, 5) is 7.08. The molecule has 0 radical (unpaired) electrons. The smallest absolute Gasteiger partial charge is 0.131 e. The van der Waals surface area contributed by atoms with E-state index in [9.17, 15) is 0 Å². The van der Waals surface area contributed by atoms with Crippen LogP contribution in [0.4, 0.5) is 5.82 Å². The summed E-state index contributed by atoms with van der Waals surface area (Å²) in [6, 6.07) is 4.45. The zero-order chi connectivity index (χ0) is 10.8. The highest BCUT2D eigenvalue weighted by molar-refractivity contribution is 5.48. The number of hydrogen-bond acceptors (Lipinski definition) is 2. The number of nitrogens with zero attached hydrogens (tertiary/aromatic N) is 2. The van der Waals surface area contributed by atoms with Crippen LogP contribution in [0.2, 0.25) is 0 Å². The minimum Gasteiger partial charge on any atom is -0.359 e. The van der Waals surface area contributed by atoms with Gasteiger partial charge in [0.25, 0.3) is 0 Å². The Labute approximate surface area is 92.3 Å². The third-order valence-electron chi connectivity index (χ3n) is 3.12. The van der Waals surface area contributed by atoms with Crippen molar-refractivity contribution in [3.05, 3.63) is 23.4 Å². The lowest BCUT2D eigenvalue weighted by molar-refractivity contribution is 0.747. The predicted octanol–water partition coefficient (Wildman–Crippen LogP) is 2.98. The Morgan fingerprint density at radius 3 is 2.80 bits per heavy atom. The molecule has 0 saturated carbocycles. The van der Waals surface area contributed by atoms with Crippen LogP contribution in [0.3, 0.4) is 0 Å². The molecular formula is C13H20N2. The Hall–Kier alpha value is -1.05. The highest BCUT2D eigenvalue weighted by Crippen LogP contribution is 2.25. The SMILES string of the molecule is CC(C)c1ccc2c(n1)N(C)CCCC2. The predicted molar refractivity (Wildman–Crippen MR) is 64.5 cm³/mol. The van der Waals surface area contributed by atoms with Gasteiger partial charge in [0.15, 0.2) is 0 Å². The fourth-order valence-electron chi connectivity index (χ4n) is 2.11. The summed E-state index contributed by atoms with van der Waals surface area (Å²) in [6.07, 6.45) is 3.76. The number of anilines is 1. The second kappa shape index (κ2) is 4.21. The van der Waals surface area contributed by atoms with Crippen molar-refractivity contribution in [3.63, 3.8) is 0 Å². The molecule has 2 heteroatoms. The molecule has 0 amide bonds. The van der Waals surface area contributed by atoms with Crippen LogP contribution in [0.25, 0.3) is 0 Å². The lowest BCUT2D eigenvalue weighted by Crippen LogP contribution is -2.19. The first-order valence-corrected chi connectivity index (χ1v) is 5.89. The van der Waals surface area contributed by atoms with E-state index in [1.54, 1.807) is 0 Å². The van der Waals surface area contributed by atoms with Gasteiger partial charge in [0.2, 0.25) is 0 Å². The molecule has 2 rings (SSSR count). The van der Waals surface area contributed by atoms with Crippen LogP contribution in [0.15, 0.2) is 12.1 Å².